The van der Waals surface area contributed by atoms with E-state index < -0.39 is 4.92 Å². The van der Waals surface area contributed by atoms with Crippen LogP contribution in [0.1, 0.15) is 37.7 Å². The molecule has 25 heavy (non-hydrogen) atoms. The van der Waals surface area contributed by atoms with Gasteiger partial charge in [-0.3, -0.25) is 14.9 Å². The van der Waals surface area contributed by atoms with Crippen LogP contribution in [0.2, 0.25) is 0 Å². The van der Waals surface area contributed by atoms with Gasteiger partial charge in [0.1, 0.15) is 0 Å². The van der Waals surface area contributed by atoms with Crippen LogP contribution in [0.3, 0.4) is 0 Å². The van der Waals surface area contributed by atoms with Gasteiger partial charge < -0.3 is 15.5 Å². The number of nitrogens with zero attached hydrogens (tertiary/aromatic N) is 2. The van der Waals surface area contributed by atoms with E-state index in [1.165, 1.54) is 23.5 Å². The normalized spacial score (nSPS) is 17.0. The van der Waals surface area contributed by atoms with Gasteiger partial charge in [-0.1, -0.05) is 25.3 Å². The van der Waals surface area contributed by atoms with E-state index in [0.29, 0.717) is 18.7 Å². The lowest BCUT2D eigenvalue weighted by Gasteiger charge is -2.23. The monoisotopic (exact) mass is 346 g/mol. The maximum Gasteiger partial charge on any atom is 0.315 e. The van der Waals surface area contributed by atoms with Crippen LogP contribution >= 0.6 is 0 Å². The number of fused-ring (bicyclic) bond motifs is 1. The zero-order chi connectivity index (χ0) is 17.8. The Hall–Kier alpha value is -2.64. The molecule has 1 aromatic rings. The maximum atomic E-state index is 12.4. The fourth-order valence-electron chi connectivity index (χ4n) is 3.47. The number of nitro benzene ring substituents is 1. The Morgan fingerprint density at radius 2 is 2.00 bits per heavy atom. The summed E-state index contributed by atoms with van der Waals surface area (Å²) >= 11 is 0. The Labute approximate surface area is 145 Å². The summed E-state index contributed by atoms with van der Waals surface area (Å²) in [6, 6.07) is 4.40. The fourth-order valence-corrected chi connectivity index (χ4v) is 3.47. The first kappa shape index (κ1) is 17.2. The number of nitrogens with one attached hydrogen (secondary N) is 2. The molecule has 0 atom stereocenters. The van der Waals surface area contributed by atoms with Crippen molar-refractivity contribution in [3.05, 3.63) is 33.9 Å². The molecule has 1 heterocycles. The van der Waals surface area contributed by atoms with Crippen molar-refractivity contribution in [2.45, 2.75) is 44.6 Å². The van der Waals surface area contributed by atoms with E-state index in [1.807, 2.05) is 0 Å². The summed E-state index contributed by atoms with van der Waals surface area (Å²) in [7, 11) is 0. The highest BCUT2D eigenvalue weighted by molar-refractivity contribution is 5.98. The van der Waals surface area contributed by atoms with Crippen LogP contribution in [-0.4, -0.2) is 36.0 Å². The van der Waals surface area contributed by atoms with Gasteiger partial charge in [0.05, 0.1) is 17.2 Å². The van der Waals surface area contributed by atoms with Crippen molar-refractivity contribution in [2.24, 2.45) is 0 Å². The van der Waals surface area contributed by atoms with Gasteiger partial charge in [-0.15, -0.1) is 0 Å². The SMILES string of the molecule is O=C(NCC(=O)N1CCc2ccc([N+](=O)[O-])cc21)NC1CCCCC1. The molecule has 0 unspecified atom stereocenters. The molecule has 1 saturated carbocycles. The number of rotatable bonds is 4. The van der Waals surface area contributed by atoms with E-state index in [4.69, 9.17) is 0 Å². The quantitative estimate of drug-likeness (QED) is 0.643. The summed E-state index contributed by atoms with van der Waals surface area (Å²) in [6.07, 6.45) is 6.06. The standard InChI is InChI=1S/C17H22N4O4/c22-16(11-18-17(23)19-13-4-2-1-3-5-13)20-9-8-12-6-7-14(21(24)25)10-15(12)20/h6-7,10,13H,1-5,8-9,11H2,(H2,18,19,23). The van der Waals surface area contributed by atoms with Gasteiger partial charge in [0.25, 0.3) is 5.69 Å². The molecular weight excluding hydrogens is 324 g/mol. The maximum absolute atomic E-state index is 12.4. The molecule has 0 spiro atoms. The minimum atomic E-state index is -0.475. The van der Waals surface area contributed by atoms with Crippen molar-refractivity contribution in [1.29, 1.82) is 0 Å². The van der Waals surface area contributed by atoms with E-state index in [9.17, 15) is 19.7 Å². The number of anilines is 1. The first-order valence-electron chi connectivity index (χ1n) is 8.66. The van der Waals surface area contributed by atoms with Crippen molar-refractivity contribution < 1.29 is 14.5 Å². The Bertz CT molecular complexity index is 685. The van der Waals surface area contributed by atoms with Gasteiger partial charge in [-0.25, -0.2) is 4.79 Å². The van der Waals surface area contributed by atoms with Gasteiger partial charge in [0, 0.05) is 24.7 Å². The molecule has 0 aromatic heterocycles. The summed E-state index contributed by atoms with van der Waals surface area (Å²) in [5, 5.41) is 16.4. The Kier molecular flexibility index (Phi) is 5.16. The summed E-state index contributed by atoms with van der Waals surface area (Å²) in [5.74, 6) is -0.266. The van der Waals surface area contributed by atoms with Crippen LogP contribution in [0.25, 0.3) is 0 Å². The van der Waals surface area contributed by atoms with Crippen LogP contribution < -0.4 is 15.5 Å². The van der Waals surface area contributed by atoms with Crippen molar-refractivity contribution in [2.75, 3.05) is 18.0 Å². The smallest absolute Gasteiger partial charge is 0.315 e. The van der Waals surface area contributed by atoms with Crippen LogP contribution in [0.4, 0.5) is 16.2 Å². The van der Waals surface area contributed by atoms with Gasteiger partial charge >= 0.3 is 6.03 Å². The van der Waals surface area contributed by atoms with Crippen LogP contribution in [0.5, 0.6) is 0 Å². The highest BCUT2D eigenvalue weighted by atomic mass is 16.6. The van der Waals surface area contributed by atoms with Gasteiger partial charge in [0.2, 0.25) is 5.91 Å². The molecule has 2 N–H and O–H groups in total. The lowest BCUT2D eigenvalue weighted by atomic mass is 9.96. The van der Waals surface area contributed by atoms with E-state index in [2.05, 4.69) is 10.6 Å². The Balaban J connectivity index is 1.55. The second-order valence-corrected chi connectivity index (χ2v) is 6.53. The van der Waals surface area contributed by atoms with Crippen molar-refractivity contribution >= 4 is 23.3 Å². The Morgan fingerprint density at radius 1 is 1.24 bits per heavy atom. The summed E-state index contributed by atoms with van der Waals surface area (Å²) in [6.45, 7) is 0.349. The van der Waals surface area contributed by atoms with E-state index >= 15 is 0 Å². The second-order valence-electron chi connectivity index (χ2n) is 6.53. The summed E-state index contributed by atoms with van der Waals surface area (Å²) in [4.78, 5) is 36.3. The third kappa shape index (κ3) is 4.07. The lowest BCUT2D eigenvalue weighted by Crippen LogP contribution is -2.47. The minimum absolute atomic E-state index is 0.0403. The van der Waals surface area contributed by atoms with Crippen molar-refractivity contribution in [3.8, 4) is 0 Å². The molecule has 1 aliphatic heterocycles. The molecule has 1 aliphatic carbocycles. The molecule has 2 aliphatic rings. The largest absolute Gasteiger partial charge is 0.335 e. The van der Waals surface area contributed by atoms with Crippen LogP contribution in [0, 0.1) is 10.1 Å². The highest BCUT2D eigenvalue weighted by Crippen LogP contribution is 2.31. The molecule has 8 heteroatoms. The average molecular weight is 346 g/mol. The molecule has 1 aromatic carbocycles. The van der Waals surface area contributed by atoms with E-state index in [1.54, 1.807) is 6.07 Å². The lowest BCUT2D eigenvalue weighted by molar-refractivity contribution is -0.384. The average Bonchev–Trinajstić information content (AvgIpc) is 3.03. The van der Waals surface area contributed by atoms with Crippen LogP contribution in [-0.2, 0) is 11.2 Å². The highest BCUT2D eigenvalue weighted by Gasteiger charge is 2.27. The number of amides is 3. The van der Waals surface area contributed by atoms with Crippen LogP contribution in [0.15, 0.2) is 18.2 Å². The molecular formula is C17H22N4O4. The van der Waals surface area contributed by atoms with Crippen molar-refractivity contribution in [3.63, 3.8) is 0 Å². The zero-order valence-corrected chi connectivity index (χ0v) is 14.0. The number of benzene rings is 1. The van der Waals surface area contributed by atoms with Gasteiger partial charge in [0.15, 0.2) is 0 Å². The number of non-ortho nitro benzene ring substituents is 1. The molecule has 3 amide bonds. The Morgan fingerprint density at radius 3 is 2.72 bits per heavy atom. The topological polar surface area (TPSA) is 105 Å². The molecule has 0 bridgehead atoms. The molecule has 0 saturated heterocycles. The number of nitro groups is 1. The third-order valence-electron chi connectivity index (χ3n) is 4.82. The zero-order valence-electron chi connectivity index (χ0n) is 14.0. The summed E-state index contributed by atoms with van der Waals surface area (Å²) < 4.78 is 0. The number of hydrogen-bond donors (Lipinski definition) is 2. The van der Waals surface area contributed by atoms with E-state index in [-0.39, 0.29) is 30.2 Å². The second kappa shape index (κ2) is 7.50. The van der Waals surface area contributed by atoms with E-state index in [0.717, 1.165) is 31.2 Å². The first-order valence-corrected chi connectivity index (χ1v) is 8.66. The number of carbonyl (C=O) groups excluding carboxylic acids is 2. The van der Waals surface area contributed by atoms with Gasteiger partial charge in [-0.05, 0) is 24.8 Å². The number of hydrogen-bond acceptors (Lipinski definition) is 4. The van der Waals surface area contributed by atoms with Gasteiger partial charge in [-0.2, -0.15) is 0 Å². The third-order valence-corrected chi connectivity index (χ3v) is 4.82. The minimum Gasteiger partial charge on any atom is -0.335 e. The summed E-state index contributed by atoms with van der Waals surface area (Å²) in [5.41, 5.74) is 1.43. The predicted octanol–water partition coefficient (Wildman–Crippen LogP) is 2.12. The number of carbonyl (C=O) groups is 2. The predicted molar refractivity (Wildman–Crippen MR) is 92.6 cm³/mol. The molecule has 8 nitrogen and oxygen atoms in total. The molecule has 3 rings (SSSR count). The molecule has 1 fully saturated rings. The first-order chi connectivity index (χ1) is 12.0. The number of urea groups is 1. The molecule has 0 radical (unpaired) electrons. The van der Waals surface area contributed by atoms with Crippen molar-refractivity contribution in [1.82, 2.24) is 10.6 Å². The molecule has 134 valence electrons. The fraction of sp³-hybridized carbons (Fsp3) is 0.529.